The summed E-state index contributed by atoms with van der Waals surface area (Å²) < 4.78 is 2.51. The second-order valence-corrected chi connectivity index (χ2v) is 16.4. The summed E-state index contributed by atoms with van der Waals surface area (Å²) in [6.07, 6.45) is 9.93. The van der Waals surface area contributed by atoms with Crippen molar-refractivity contribution in [3.05, 3.63) is 47.7 Å². The molecule has 216 valence electrons. The van der Waals surface area contributed by atoms with Gasteiger partial charge in [0, 0.05) is 29.1 Å². The third-order valence-corrected chi connectivity index (χ3v) is 15.0. The summed E-state index contributed by atoms with van der Waals surface area (Å²) in [4.78, 5) is 13.0. The molecule has 0 saturated heterocycles. The maximum Gasteiger partial charge on any atom is 0.309 e. The van der Waals surface area contributed by atoms with E-state index in [1.54, 1.807) is 11.3 Å². The molecule has 4 fully saturated rings. The number of carboxylic acid groups (broad SMARTS) is 1. The summed E-state index contributed by atoms with van der Waals surface area (Å²) in [5, 5.41) is 12.1. The number of carboxylic acids is 1. The average Bonchev–Trinajstić information content (AvgIpc) is 3.42. The highest BCUT2D eigenvalue weighted by atomic mass is 16.4. The highest BCUT2D eigenvalue weighted by molar-refractivity contribution is 5.86. The molecule has 7 rings (SSSR count). The lowest BCUT2D eigenvalue weighted by atomic mass is 9.32. The van der Waals surface area contributed by atoms with Gasteiger partial charge in [-0.05, 0) is 122 Å². The third kappa shape index (κ3) is 2.91. The molecule has 5 aliphatic rings. The first-order valence-electron chi connectivity index (χ1n) is 16.2. The molecule has 9 atom stereocenters. The van der Waals surface area contributed by atoms with Gasteiger partial charge in [-0.1, -0.05) is 65.0 Å². The summed E-state index contributed by atoms with van der Waals surface area (Å²) in [5.41, 5.74) is 6.00. The number of aromatic nitrogens is 1. The van der Waals surface area contributed by atoms with E-state index in [-0.39, 0.29) is 27.6 Å². The molecule has 0 radical (unpaired) electrons. The predicted octanol–water partition coefficient (Wildman–Crippen LogP) is 8.93. The van der Waals surface area contributed by atoms with E-state index in [9.17, 15) is 9.90 Å². The van der Waals surface area contributed by atoms with Gasteiger partial charge in [-0.3, -0.25) is 4.79 Å². The number of nitrogens with zero attached hydrogens (tertiary/aromatic N) is 1. The van der Waals surface area contributed by atoms with Gasteiger partial charge in [-0.25, -0.2) is 0 Å². The van der Waals surface area contributed by atoms with Gasteiger partial charge in [0.25, 0.3) is 0 Å². The van der Waals surface area contributed by atoms with Gasteiger partial charge >= 0.3 is 5.97 Å². The number of allylic oxidation sites excluding steroid dienone is 1. The second-order valence-electron chi connectivity index (χ2n) is 16.4. The topological polar surface area (TPSA) is 42.2 Å². The summed E-state index contributed by atoms with van der Waals surface area (Å²) in [6.45, 7) is 19.6. The number of benzene rings is 1. The largest absolute Gasteiger partial charge is 0.481 e. The van der Waals surface area contributed by atoms with Crippen molar-refractivity contribution in [2.75, 3.05) is 0 Å². The fourth-order valence-corrected chi connectivity index (χ4v) is 13.3. The molecule has 0 unspecified atom stereocenters. The van der Waals surface area contributed by atoms with Crippen LogP contribution in [0.4, 0.5) is 0 Å². The molecular formula is C37H51NO2. The van der Waals surface area contributed by atoms with E-state index < -0.39 is 11.4 Å². The summed E-state index contributed by atoms with van der Waals surface area (Å²) in [6, 6.07) is 9.08. The highest BCUT2D eigenvalue weighted by Crippen LogP contribution is 2.77. The van der Waals surface area contributed by atoms with Gasteiger partial charge in [-0.2, -0.15) is 0 Å². The van der Waals surface area contributed by atoms with E-state index in [1.807, 2.05) is 0 Å². The van der Waals surface area contributed by atoms with Crippen molar-refractivity contribution in [3.8, 4) is 0 Å². The molecule has 4 saturated carbocycles. The molecule has 1 aromatic carbocycles. The maximum atomic E-state index is 13.0. The van der Waals surface area contributed by atoms with Crippen LogP contribution in [-0.4, -0.2) is 15.6 Å². The zero-order valence-electron chi connectivity index (χ0n) is 26.1. The number of fused-ring (bicyclic) bond motifs is 10. The smallest absolute Gasteiger partial charge is 0.309 e. The Morgan fingerprint density at radius 1 is 0.925 bits per heavy atom. The van der Waals surface area contributed by atoms with Gasteiger partial charge in [0.1, 0.15) is 0 Å². The van der Waals surface area contributed by atoms with Crippen LogP contribution in [-0.2, 0) is 23.7 Å². The Kier molecular flexibility index (Phi) is 5.42. The van der Waals surface area contributed by atoms with Gasteiger partial charge in [0.15, 0.2) is 0 Å². The van der Waals surface area contributed by atoms with Crippen LogP contribution in [0.2, 0.25) is 0 Å². The number of carbonyl (C=O) groups is 1. The van der Waals surface area contributed by atoms with Crippen molar-refractivity contribution in [3.63, 3.8) is 0 Å². The molecule has 0 aliphatic heterocycles. The van der Waals surface area contributed by atoms with E-state index >= 15 is 0 Å². The van der Waals surface area contributed by atoms with E-state index in [1.165, 1.54) is 48.6 Å². The number of hydrogen-bond donors (Lipinski definition) is 1. The van der Waals surface area contributed by atoms with Crippen LogP contribution in [0, 0.1) is 51.2 Å². The fourth-order valence-electron chi connectivity index (χ4n) is 13.3. The van der Waals surface area contributed by atoms with Crippen LogP contribution >= 0.6 is 0 Å². The van der Waals surface area contributed by atoms with Crippen molar-refractivity contribution in [2.24, 2.45) is 58.3 Å². The molecule has 1 N–H and O–H groups in total. The van der Waals surface area contributed by atoms with Crippen LogP contribution in [0.1, 0.15) is 104 Å². The Labute approximate surface area is 241 Å². The van der Waals surface area contributed by atoms with Gasteiger partial charge < -0.3 is 9.67 Å². The third-order valence-electron chi connectivity index (χ3n) is 15.0. The molecule has 0 spiro atoms. The molecule has 1 aromatic heterocycles. The first-order valence-corrected chi connectivity index (χ1v) is 16.2. The fraction of sp³-hybridized carbons (Fsp3) is 0.703. The van der Waals surface area contributed by atoms with Crippen molar-refractivity contribution in [1.29, 1.82) is 0 Å². The first kappa shape index (κ1) is 26.8. The second kappa shape index (κ2) is 8.07. The Balaban J connectivity index is 1.34. The van der Waals surface area contributed by atoms with Crippen molar-refractivity contribution < 1.29 is 9.90 Å². The summed E-state index contributed by atoms with van der Waals surface area (Å²) >= 11 is 0. The highest BCUT2D eigenvalue weighted by Gasteiger charge is 2.72. The zero-order chi connectivity index (χ0) is 28.6. The normalized spacial score (nSPS) is 45.1. The van der Waals surface area contributed by atoms with Gasteiger partial charge in [-0.15, -0.1) is 0 Å². The van der Waals surface area contributed by atoms with E-state index in [2.05, 4.69) is 84.0 Å². The number of rotatable bonds is 2. The summed E-state index contributed by atoms with van der Waals surface area (Å²) in [7, 11) is 2.29. The molecule has 5 aliphatic carbocycles. The minimum Gasteiger partial charge on any atom is -0.481 e. The number of aryl methyl sites for hydroxylation is 1. The van der Waals surface area contributed by atoms with Crippen LogP contribution in [0.5, 0.6) is 0 Å². The Morgan fingerprint density at radius 2 is 1.65 bits per heavy atom. The predicted molar refractivity (Wildman–Crippen MR) is 163 cm³/mol. The van der Waals surface area contributed by atoms with Gasteiger partial charge in [0.2, 0.25) is 0 Å². The Bertz CT molecular complexity index is 1430. The maximum absolute atomic E-state index is 13.0. The number of para-hydroxylation sites is 1. The zero-order valence-corrected chi connectivity index (χ0v) is 26.1. The Morgan fingerprint density at radius 3 is 2.35 bits per heavy atom. The van der Waals surface area contributed by atoms with E-state index in [0.29, 0.717) is 23.7 Å². The number of hydrogen-bond acceptors (Lipinski definition) is 1. The van der Waals surface area contributed by atoms with E-state index in [0.717, 1.165) is 25.7 Å². The van der Waals surface area contributed by atoms with Crippen LogP contribution in [0.25, 0.3) is 10.9 Å². The summed E-state index contributed by atoms with van der Waals surface area (Å²) in [5.74, 6) is 1.88. The van der Waals surface area contributed by atoms with E-state index in [4.69, 9.17) is 0 Å². The molecular weight excluding hydrogens is 490 g/mol. The molecule has 2 aromatic rings. The number of aliphatic carboxylic acids is 1. The van der Waals surface area contributed by atoms with Crippen molar-refractivity contribution >= 4 is 16.9 Å². The van der Waals surface area contributed by atoms with Crippen LogP contribution < -0.4 is 0 Å². The lowest BCUT2D eigenvalue weighted by Gasteiger charge is -2.72. The molecule has 0 bridgehead atoms. The molecule has 3 nitrogen and oxygen atoms in total. The molecule has 1 heterocycles. The van der Waals surface area contributed by atoms with Crippen LogP contribution in [0.3, 0.4) is 0 Å². The quantitative estimate of drug-likeness (QED) is 0.386. The minimum atomic E-state index is -0.539. The van der Waals surface area contributed by atoms with Gasteiger partial charge in [0.05, 0.1) is 5.41 Å². The lowest BCUT2D eigenvalue weighted by molar-refractivity contribution is -0.227. The monoisotopic (exact) mass is 541 g/mol. The lowest BCUT2D eigenvalue weighted by Crippen LogP contribution is -2.67. The minimum absolute atomic E-state index is 0.122. The first-order chi connectivity index (χ1) is 18.7. The Hall–Kier alpha value is -2.03. The standard InChI is InChI=1S/C37H51NO2/c1-22(2)23-15-18-37(32(39)40)20-19-35(6)26(30(23)37)13-14-29-34(5)21-25-24-11-9-10-12-27(24)38(8)31(25)33(3,4)28(34)16-17-36(29,35)7/h9-12,23,26,28-30H,1,13-21H2,2-8H3,(H,39,40)/t23-,26+,28-,29+,30+,34-,35+,36+,37-/m0/s1. The molecule has 40 heavy (non-hydrogen) atoms. The molecule has 3 heteroatoms. The molecule has 0 amide bonds. The average molecular weight is 542 g/mol. The van der Waals surface area contributed by atoms with Crippen molar-refractivity contribution in [2.45, 2.75) is 105 Å². The van der Waals surface area contributed by atoms with Crippen molar-refractivity contribution in [1.82, 2.24) is 4.57 Å². The van der Waals surface area contributed by atoms with Crippen LogP contribution in [0.15, 0.2) is 36.4 Å². The SMILES string of the molecule is C=C(C)[C@@H]1CC[C@]2(C(=O)O)CC[C@]3(C)[C@H](CC[C@@H]4[C@@]5(C)Cc6c(n(C)c7ccccc67)C(C)(C)[C@@H]5CC[C@]43C)[C@@H]12.